The summed E-state index contributed by atoms with van der Waals surface area (Å²) in [4.78, 5) is 0. The van der Waals surface area contributed by atoms with Gasteiger partial charge in [-0.3, -0.25) is 0 Å². The van der Waals surface area contributed by atoms with Crippen molar-refractivity contribution in [1.82, 2.24) is 14.9 Å². The fourth-order valence-corrected chi connectivity index (χ4v) is 2.62. The van der Waals surface area contributed by atoms with Crippen LogP contribution < -0.4 is 5.32 Å². The number of fused-ring (bicyclic) bond motifs is 1. The normalized spacial score (nSPS) is 12.7. The SMILES string of the molecule is C[C@@H](NCc1cnn2ccccc12)c1ccccc1Cl. The summed E-state index contributed by atoms with van der Waals surface area (Å²) in [5.74, 6) is 0. The minimum atomic E-state index is 0.197. The number of aromatic nitrogens is 2. The second kappa shape index (κ2) is 5.65. The number of nitrogens with one attached hydrogen (secondary N) is 1. The minimum Gasteiger partial charge on any atom is -0.306 e. The molecule has 0 spiro atoms. The van der Waals surface area contributed by atoms with Gasteiger partial charge in [-0.1, -0.05) is 35.9 Å². The molecule has 0 unspecified atom stereocenters. The molecule has 2 heterocycles. The zero-order valence-corrected chi connectivity index (χ0v) is 12.0. The Bertz CT molecular complexity index is 720. The van der Waals surface area contributed by atoms with Crippen LogP contribution in [0.3, 0.4) is 0 Å². The Kier molecular flexibility index (Phi) is 3.72. The van der Waals surface area contributed by atoms with E-state index < -0.39 is 0 Å². The Hall–Kier alpha value is -1.84. The molecule has 20 heavy (non-hydrogen) atoms. The van der Waals surface area contributed by atoms with E-state index in [0.717, 1.165) is 22.6 Å². The molecule has 1 atom stereocenters. The number of rotatable bonds is 4. The van der Waals surface area contributed by atoms with Gasteiger partial charge in [0.1, 0.15) is 0 Å². The molecule has 1 aromatic carbocycles. The highest BCUT2D eigenvalue weighted by Gasteiger charge is 2.10. The van der Waals surface area contributed by atoms with E-state index in [9.17, 15) is 0 Å². The summed E-state index contributed by atoms with van der Waals surface area (Å²) in [5, 5.41) is 8.63. The molecule has 3 aromatic rings. The zero-order chi connectivity index (χ0) is 13.9. The Morgan fingerprint density at radius 3 is 2.85 bits per heavy atom. The summed E-state index contributed by atoms with van der Waals surface area (Å²) < 4.78 is 1.89. The molecule has 3 nitrogen and oxygen atoms in total. The van der Waals surface area contributed by atoms with Gasteiger partial charge in [-0.05, 0) is 30.7 Å². The number of nitrogens with zero attached hydrogens (tertiary/aromatic N) is 2. The lowest BCUT2D eigenvalue weighted by atomic mass is 10.1. The van der Waals surface area contributed by atoms with Crippen LogP contribution >= 0.6 is 11.6 Å². The maximum atomic E-state index is 6.22. The highest BCUT2D eigenvalue weighted by molar-refractivity contribution is 6.31. The van der Waals surface area contributed by atoms with Crippen LogP contribution in [0.1, 0.15) is 24.1 Å². The Labute approximate surface area is 123 Å². The van der Waals surface area contributed by atoms with Crippen molar-refractivity contribution in [2.75, 3.05) is 0 Å². The van der Waals surface area contributed by atoms with E-state index in [1.165, 1.54) is 5.56 Å². The van der Waals surface area contributed by atoms with E-state index in [2.05, 4.69) is 29.5 Å². The molecule has 0 aliphatic rings. The van der Waals surface area contributed by atoms with Crippen LogP contribution in [0.5, 0.6) is 0 Å². The van der Waals surface area contributed by atoms with Crippen LogP contribution in [0.25, 0.3) is 5.52 Å². The summed E-state index contributed by atoms with van der Waals surface area (Å²) in [5.41, 5.74) is 3.43. The van der Waals surface area contributed by atoms with Crippen LogP contribution in [0.4, 0.5) is 0 Å². The first-order valence-corrected chi connectivity index (χ1v) is 7.02. The molecule has 0 aliphatic carbocycles. The van der Waals surface area contributed by atoms with E-state index in [1.54, 1.807) is 0 Å². The number of benzene rings is 1. The monoisotopic (exact) mass is 285 g/mol. The second-order valence-electron chi connectivity index (χ2n) is 4.82. The molecule has 2 aromatic heterocycles. The van der Waals surface area contributed by atoms with Gasteiger partial charge in [0.2, 0.25) is 0 Å². The maximum Gasteiger partial charge on any atom is 0.0706 e. The molecular formula is C16H16ClN3. The van der Waals surface area contributed by atoms with E-state index in [4.69, 9.17) is 11.6 Å². The van der Waals surface area contributed by atoms with Crippen LogP contribution in [-0.2, 0) is 6.54 Å². The molecular weight excluding hydrogens is 270 g/mol. The first-order chi connectivity index (χ1) is 9.75. The van der Waals surface area contributed by atoms with Gasteiger partial charge < -0.3 is 5.32 Å². The number of hydrogen-bond acceptors (Lipinski definition) is 2. The third kappa shape index (κ3) is 2.55. The number of halogens is 1. The number of hydrogen-bond donors (Lipinski definition) is 1. The molecule has 3 rings (SSSR count). The molecule has 0 saturated heterocycles. The first-order valence-electron chi connectivity index (χ1n) is 6.65. The van der Waals surface area contributed by atoms with Gasteiger partial charge in [0.15, 0.2) is 0 Å². The van der Waals surface area contributed by atoms with E-state index in [1.807, 2.05) is 47.2 Å². The molecule has 1 N–H and O–H groups in total. The Balaban J connectivity index is 1.75. The molecule has 0 fully saturated rings. The quantitative estimate of drug-likeness (QED) is 0.789. The fourth-order valence-electron chi connectivity index (χ4n) is 2.32. The van der Waals surface area contributed by atoms with Crippen molar-refractivity contribution in [1.29, 1.82) is 0 Å². The second-order valence-corrected chi connectivity index (χ2v) is 5.23. The van der Waals surface area contributed by atoms with Gasteiger partial charge in [0.25, 0.3) is 0 Å². The largest absolute Gasteiger partial charge is 0.306 e. The van der Waals surface area contributed by atoms with Crippen LogP contribution in [0.15, 0.2) is 54.9 Å². The molecule has 0 radical (unpaired) electrons. The molecule has 102 valence electrons. The van der Waals surface area contributed by atoms with Gasteiger partial charge in [0.05, 0.1) is 11.7 Å². The molecule has 0 saturated carbocycles. The van der Waals surface area contributed by atoms with Crippen molar-refractivity contribution in [3.63, 3.8) is 0 Å². The van der Waals surface area contributed by atoms with Gasteiger partial charge >= 0.3 is 0 Å². The average Bonchev–Trinajstić information content (AvgIpc) is 2.88. The summed E-state index contributed by atoms with van der Waals surface area (Å²) >= 11 is 6.22. The maximum absolute atomic E-state index is 6.22. The highest BCUT2D eigenvalue weighted by atomic mass is 35.5. The predicted molar refractivity (Wildman–Crippen MR) is 81.9 cm³/mol. The lowest BCUT2D eigenvalue weighted by Crippen LogP contribution is -2.18. The summed E-state index contributed by atoms with van der Waals surface area (Å²) in [6, 6.07) is 14.2. The molecule has 0 aliphatic heterocycles. The number of pyridine rings is 1. The van der Waals surface area contributed by atoms with E-state index in [0.29, 0.717) is 0 Å². The Morgan fingerprint density at radius 2 is 2.00 bits per heavy atom. The summed E-state index contributed by atoms with van der Waals surface area (Å²) in [6.07, 6.45) is 3.86. The van der Waals surface area contributed by atoms with Crippen LogP contribution in [-0.4, -0.2) is 9.61 Å². The van der Waals surface area contributed by atoms with Crippen molar-refractivity contribution >= 4 is 17.1 Å². The zero-order valence-electron chi connectivity index (χ0n) is 11.3. The standard InChI is InChI=1S/C16H16ClN3/c1-12(14-6-2-3-7-15(14)17)18-10-13-11-19-20-9-5-4-8-16(13)20/h2-9,11-12,18H,10H2,1H3/t12-/m1/s1. The fraction of sp³-hybridized carbons (Fsp3) is 0.188. The summed E-state index contributed by atoms with van der Waals surface area (Å²) in [6.45, 7) is 2.88. The van der Waals surface area contributed by atoms with Crippen molar-refractivity contribution < 1.29 is 0 Å². The lowest BCUT2D eigenvalue weighted by Gasteiger charge is -2.15. The highest BCUT2D eigenvalue weighted by Crippen LogP contribution is 2.22. The van der Waals surface area contributed by atoms with Crippen molar-refractivity contribution in [2.24, 2.45) is 0 Å². The topological polar surface area (TPSA) is 29.3 Å². The Morgan fingerprint density at radius 1 is 1.20 bits per heavy atom. The van der Waals surface area contributed by atoms with E-state index >= 15 is 0 Å². The van der Waals surface area contributed by atoms with Crippen molar-refractivity contribution in [3.05, 3.63) is 71.0 Å². The molecule has 4 heteroatoms. The summed E-state index contributed by atoms with van der Waals surface area (Å²) in [7, 11) is 0. The van der Waals surface area contributed by atoms with Gasteiger partial charge in [0, 0.05) is 29.4 Å². The smallest absolute Gasteiger partial charge is 0.0706 e. The molecule has 0 bridgehead atoms. The third-order valence-electron chi connectivity index (χ3n) is 3.48. The lowest BCUT2D eigenvalue weighted by molar-refractivity contribution is 0.576. The van der Waals surface area contributed by atoms with E-state index in [-0.39, 0.29) is 6.04 Å². The molecule has 0 amide bonds. The minimum absolute atomic E-state index is 0.197. The van der Waals surface area contributed by atoms with Gasteiger partial charge in [-0.25, -0.2) is 4.52 Å². The van der Waals surface area contributed by atoms with Gasteiger partial charge in [-0.15, -0.1) is 0 Å². The van der Waals surface area contributed by atoms with Crippen molar-refractivity contribution in [2.45, 2.75) is 19.5 Å². The first kappa shape index (κ1) is 13.2. The predicted octanol–water partition coefficient (Wildman–Crippen LogP) is 3.84. The third-order valence-corrected chi connectivity index (χ3v) is 3.82. The van der Waals surface area contributed by atoms with Gasteiger partial charge in [-0.2, -0.15) is 5.10 Å². The van der Waals surface area contributed by atoms with Crippen LogP contribution in [0, 0.1) is 0 Å². The van der Waals surface area contributed by atoms with Crippen LogP contribution in [0.2, 0.25) is 5.02 Å². The van der Waals surface area contributed by atoms with Crippen molar-refractivity contribution in [3.8, 4) is 0 Å². The average molecular weight is 286 g/mol.